The van der Waals surface area contributed by atoms with Gasteiger partial charge in [-0.05, 0) is 54.4 Å². The molecule has 0 heterocycles. The lowest BCUT2D eigenvalue weighted by molar-refractivity contribution is 0.303. The molecular formula is C14H11BrClFO. The summed E-state index contributed by atoms with van der Waals surface area (Å²) in [4.78, 5) is 0. The Morgan fingerprint density at radius 2 is 2.00 bits per heavy atom. The largest absolute Gasteiger partial charge is 0.489 e. The molecule has 0 saturated carbocycles. The fraction of sp³-hybridized carbons (Fsp3) is 0.143. The molecule has 0 aliphatic carbocycles. The Balaban J connectivity index is 2.11. The first-order valence-electron chi connectivity index (χ1n) is 5.38. The van der Waals surface area contributed by atoms with Gasteiger partial charge >= 0.3 is 0 Å². The molecular weight excluding hydrogens is 319 g/mol. The third-order valence-corrected chi connectivity index (χ3v) is 3.15. The molecule has 0 saturated heterocycles. The predicted molar refractivity (Wildman–Crippen MR) is 74.6 cm³/mol. The van der Waals surface area contributed by atoms with Crippen LogP contribution in [0.4, 0.5) is 4.39 Å². The second-order valence-electron chi connectivity index (χ2n) is 3.98. The third kappa shape index (κ3) is 3.47. The van der Waals surface area contributed by atoms with Crippen molar-refractivity contribution in [2.24, 2.45) is 0 Å². The molecule has 0 aromatic heterocycles. The SMILES string of the molecule is Cc1cc(Cl)ccc1OCc1cc(F)cc(Br)c1. The van der Waals surface area contributed by atoms with Gasteiger partial charge in [-0.25, -0.2) is 4.39 Å². The fourth-order valence-electron chi connectivity index (χ4n) is 1.63. The van der Waals surface area contributed by atoms with Gasteiger partial charge in [0.05, 0.1) is 0 Å². The van der Waals surface area contributed by atoms with Crippen LogP contribution in [-0.4, -0.2) is 0 Å². The van der Waals surface area contributed by atoms with Crippen molar-refractivity contribution in [2.75, 3.05) is 0 Å². The highest BCUT2D eigenvalue weighted by Crippen LogP contribution is 2.23. The van der Waals surface area contributed by atoms with E-state index in [1.807, 2.05) is 25.1 Å². The van der Waals surface area contributed by atoms with E-state index in [9.17, 15) is 4.39 Å². The average molecular weight is 330 g/mol. The molecule has 0 N–H and O–H groups in total. The molecule has 2 aromatic rings. The minimum absolute atomic E-state index is 0.282. The Bertz CT molecular complexity index is 551. The maximum absolute atomic E-state index is 13.2. The highest BCUT2D eigenvalue weighted by Gasteiger charge is 2.03. The van der Waals surface area contributed by atoms with Crippen LogP contribution in [0.15, 0.2) is 40.9 Å². The third-order valence-electron chi connectivity index (χ3n) is 2.45. The standard InChI is InChI=1S/C14H11BrClFO/c1-9-4-12(16)2-3-14(9)18-8-10-5-11(15)7-13(17)6-10/h2-7H,8H2,1H3. The van der Waals surface area contributed by atoms with E-state index >= 15 is 0 Å². The summed E-state index contributed by atoms with van der Waals surface area (Å²) in [6.07, 6.45) is 0. The van der Waals surface area contributed by atoms with Crippen molar-refractivity contribution in [3.8, 4) is 5.75 Å². The summed E-state index contributed by atoms with van der Waals surface area (Å²) in [5.74, 6) is 0.468. The van der Waals surface area contributed by atoms with Crippen LogP contribution in [0.5, 0.6) is 5.75 Å². The summed E-state index contributed by atoms with van der Waals surface area (Å²) < 4.78 is 19.5. The highest BCUT2D eigenvalue weighted by atomic mass is 79.9. The Morgan fingerprint density at radius 3 is 2.67 bits per heavy atom. The van der Waals surface area contributed by atoms with Crippen molar-refractivity contribution < 1.29 is 9.13 Å². The van der Waals surface area contributed by atoms with E-state index in [2.05, 4.69) is 15.9 Å². The first-order valence-corrected chi connectivity index (χ1v) is 6.55. The molecule has 0 amide bonds. The van der Waals surface area contributed by atoms with E-state index < -0.39 is 0 Å². The van der Waals surface area contributed by atoms with Crippen molar-refractivity contribution >= 4 is 27.5 Å². The minimum Gasteiger partial charge on any atom is -0.489 e. The smallest absolute Gasteiger partial charge is 0.124 e. The van der Waals surface area contributed by atoms with Gasteiger partial charge in [0.25, 0.3) is 0 Å². The van der Waals surface area contributed by atoms with Gasteiger partial charge in [-0.15, -0.1) is 0 Å². The van der Waals surface area contributed by atoms with E-state index in [1.54, 1.807) is 6.07 Å². The van der Waals surface area contributed by atoms with Crippen LogP contribution in [0, 0.1) is 12.7 Å². The zero-order valence-corrected chi connectivity index (χ0v) is 12.1. The van der Waals surface area contributed by atoms with Gasteiger partial charge in [0, 0.05) is 9.50 Å². The molecule has 0 radical (unpaired) electrons. The molecule has 4 heteroatoms. The molecule has 18 heavy (non-hydrogen) atoms. The van der Waals surface area contributed by atoms with E-state index in [-0.39, 0.29) is 5.82 Å². The van der Waals surface area contributed by atoms with E-state index in [1.165, 1.54) is 12.1 Å². The Morgan fingerprint density at radius 1 is 1.22 bits per heavy atom. The summed E-state index contributed by atoms with van der Waals surface area (Å²) in [7, 11) is 0. The van der Waals surface area contributed by atoms with Gasteiger partial charge in [0.1, 0.15) is 18.2 Å². The molecule has 0 atom stereocenters. The summed E-state index contributed by atoms with van der Waals surface area (Å²) in [5, 5.41) is 0.674. The maximum atomic E-state index is 13.2. The van der Waals surface area contributed by atoms with E-state index in [0.717, 1.165) is 16.9 Å². The monoisotopic (exact) mass is 328 g/mol. The van der Waals surface area contributed by atoms with Gasteiger partial charge in [-0.2, -0.15) is 0 Å². The van der Waals surface area contributed by atoms with Crippen LogP contribution < -0.4 is 4.74 Å². The van der Waals surface area contributed by atoms with Crippen LogP contribution in [0.1, 0.15) is 11.1 Å². The summed E-state index contributed by atoms with van der Waals surface area (Å²) >= 11 is 9.11. The zero-order valence-electron chi connectivity index (χ0n) is 9.71. The summed E-state index contributed by atoms with van der Waals surface area (Å²) in [6, 6.07) is 10.1. The minimum atomic E-state index is -0.282. The van der Waals surface area contributed by atoms with Gasteiger partial charge < -0.3 is 4.74 Å². The van der Waals surface area contributed by atoms with Gasteiger partial charge in [-0.3, -0.25) is 0 Å². The lowest BCUT2D eigenvalue weighted by Gasteiger charge is -2.09. The van der Waals surface area contributed by atoms with Crippen molar-refractivity contribution in [3.63, 3.8) is 0 Å². The quantitative estimate of drug-likeness (QED) is 0.758. The van der Waals surface area contributed by atoms with Crippen LogP contribution in [0.3, 0.4) is 0 Å². The number of hydrogen-bond acceptors (Lipinski definition) is 1. The van der Waals surface area contributed by atoms with Gasteiger partial charge in [0.15, 0.2) is 0 Å². The van der Waals surface area contributed by atoms with E-state index in [0.29, 0.717) is 16.1 Å². The summed E-state index contributed by atoms with van der Waals surface area (Å²) in [6.45, 7) is 2.24. The normalized spacial score (nSPS) is 10.4. The first-order chi connectivity index (χ1) is 8.54. The topological polar surface area (TPSA) is 9.23 Å². The zero-order chi connectivity index (χ0) is 13.1. The second kappa shape index (κ2) is 5.72. The Kier molecular flexibility index (Phi) is 4.25. The molecule has 0 fully saturated rings. The maximum Gasteiger partial charge on any atom is 0.124 e. The number of rotatable bonds is 3. The van der Waals surface area contributed by atoms with Crippen molar-refractivity contribution in [1.82, 2.24) is 0 Å². The number of halogens is 3. The van der Waals surface area contributed by atoms with Crippen molar-refractivity contribution in [2.45, 2.75) is 13.5 Å². The van der Waals surface area contributed by atoms with Crippen molar-refractivity contribution in [1.29, 1.82) is 0 Å². The van der Waals surface area contributed by atoms with Crippen LogP contribution in [0.2, 0.25) is 5.02 Å². The second-order valence-corrected chi connectivity index (χ2v) is 5.33. The average Bonchev–Trinajstić information content (AvgIpc) is 2.26. The molecule has 1 nitrogen and oxygen atoms in total. The molecule has 0 aliphatic heterocycles. The van der Waals surface area contributed by atoms with Crippen molar-refractivity contribution in [3.05, 3.63) is 62.8 Å². The molecule has 0 aliphatic rings. The molecule has 0 unspecified atom stereocenters. The Labute approximate surface area is 119 Å². The number of ether oxygens (including phenoxy) is 1. The van der Waals surface area contributed by atoms with Gasteiger partial charge in [0.2, 0.25) is 0 Å². The number of hydrogen-bond donors (Lipinski definition) is 0. The molecule has 2 aromatic carbocycles. The fourth-order valence-corrected chi connectivity index (χ4v) is 2.37. The molecule has 0 spiro atoms. The number of aryl methyl sites for hydroxylation is 1. The molecule has 94 valence electrons. The summed E-state index contributed by atoms with van der Waals surface area (Å²) in [5.41, 5.74) is 1.73. The predicted octanol–water partition coefficient (Wildman–Crippen LogP) is 5.13. The number of benzene rings is 2. The lowest BCUT2D eigenvalue weighted by Crippen LogP contribution is -1.97. The lowest BCUT2D eigenvalue weighted by atomic mass is 10.2. The first kappa shape index (κ1) is 13.4. The Hall–Kier alpha value is -1.06. The molecule has 2 rings (SSSR count). The van der Waals surface area contributed by atoms with Gasteiger partial charge in [-0.1, -0.05) is 27.5 Å². The molecule has 0 bridgehead atoms. The van der Waals surface area contributed by atoms with Crippen LogP contribution >= 0.6 is 27.5 Å². The van der Waals surface area contributed by atoms with Crippen LogP contribution in [-0.2, 0) is 6.61 Å². The highest BCUT2D eigenvalue weighted by molar-refractivity contribution is 9.10. The van der Waals surface area contributed by atoms with Crippen LogP contribution in [0.25, 0.3) is 0 Å². The van der Waals surface area contributed by atoms with E-state index in [4.69, 9.17) is 16.3 Å².